The predicted octanol–water partition coefficient (Wildman–Crippen LogP) is 2.54. The van der Waals surface area contributed by atoms with E-state index in [1.54, 1.807) is 0 Å². The molecule has 1 aromatic rings. The Balaban J connectivity index is 1.54. The Morgan fingerprint density at radius 2 is 1.67 bits per heavy atom. The van der Waals surface area contributed by atoms with Gasteiger partial charge in [-0.3, -0.25) is 0 Å². The molecule has 2 rings (SSSR count). The number of rotatable bonds is 9. The molecule has 0 aliphatic heterocycles. The maximum atomic E-state index is 8.78. The van der Waals surface area contributed by atoms with Crippen LogP contribution in [-0.4, -0.2) is 23.2 Å². The molecule has 0 unspecified atom stereocenters. The second-order valence-electron chi connectivity index (χ2n) is 6.50. The zero-order chi connectivity index (χ0) is 15.1. The first-order valence-electron chi connectivity index (χ1n) is 8.33. The van der Waals surface area contributed by atoms with Gasteiger partial charge in [0.05, 0.1) is 0 Å². The van der Waals surface area contributed by atoms with Gasteiger partial charge in [-0.2, -0.15) is 0 Å². The fraction of sp³-hybridized carbons (Fsp3) is 0.647. The summed E-state index contributed by atoms with van der Waals surface area (Å²) < 4.78 is 0. The van der Waals surface area contributed by atoms with Crippen LogP contribution in [0.15, 0.2) is 24.3 Å². The van der Waals surface area contributed by atoms with Gasteiger partial charge in [-0.15, -0.1) is 0 Å². The van der Waals surface area contributed by atoms with Crippen LogP contribution in [0.4, 0.5) is 0 Å². The van der Waals surface area contributed by atoms with Crippen LogP contribution in [-0.2, 0) is 12.8 Å². The smallest absolute Gasteiger partial charge is 0.427 e. The van der Waals surface area contributed by atoms with Crippen LogP contribution in [0.5, 0.6) is 0 Å². The lowest BCUT2D eigenvalue weighted by atomic mass is 9.83. The molecule has 4 N–H and O–H groups in total. The first-order valence-corrected chi connectivity index (χ1v) is 8.33. The lowest BCUT2D eigenvalue weighted by molar-refractivity contribution is 0.399. The van der Waals surface area contributed by atoms with Crippen LogP contribution in [0, 0.1) is 5.92 Å². The Kier molecular flexibility index (Phi) is 6.75. The van der Waals surface area contributed by atoms with Crippen LogP contribution in [0.25, 0.3) is 0 Å². The van der Waals surface area contributed by atoms with Gasteiger partial charge >= 0.3 is 7.12 Å². The van der Waals surface area contributed by atoms with E-state index in [1.807, 2.05) is 0 Å². The number of hydrogen-bond acceptors (Lipinski definition) is 3. The molecule has 3 nitrogen and oxygen atoms in total. The summed E-state index contributed by atoms with van der Waals surface area (Å²) in [4.78, 5) is 0. The molecule has 0 bridgehead atoms. The lowest BCUT2D eigenvalue weighted by Gasteiger charge is -2.13. The summed E-state index contributed by atoms with van der Waals surface area (Å²) in [5.74, 6) is 0.805. The average molecular weight is 289 g/mol. The Morgan fingerprint density at radius 3 is 2.29 bits per heavy atom. The highest BCUT2D eigenvalue weighted by Crippen LogP contribution is 2.29. The van der Waals surface area contributed by atoms with Crippen molar-refractivity contribution in [2.45, 2.75) is 63.7 Å². The normalized spacial score (nSPS) is 16.0. The van der Waals surface area contributed by atoms with Crippen molar-refractivity contribution >= 4 is 7.12 Å². The highest BCUT2D eigenvalue weighted by Gasteiger charge is 2.20. The van der Waals surface area contributed by atoms with E-state index in [4.69, 9.17) is 15.8 Å². The van der Waals surface area contributed by atoms with Gasteiger partial charge in [-0.25, -0.2) is 0 Å². The summed E-state index contributed by atoms with van der Waals surface area (Å²) >= 11 is 0. The molecule has 0 spiro atoms. The Morgan fingerprint density at radius 1 is 1.05 bits per heavy atom. The van der Waals surface area contributed by atoms with E-state index >= 15 is 0 Å². The quantitative estimate of drug-likeness (QED) is 0.483. The third-order valence-electron chi connectivity index (χ3n) is 4.61. The van der Waals surface area contributed by atoms with Crippen LogP contribution in [0.2, 0.25) is 6.32 Å². The number of fused-ring (bicyclic) bond motifs is 1. The van der Waals surface area contributed by atoms with E-state index in [0.717, 1.165) is 31.6 Å². The van der Waals surface area contributed by atoms with Crippen molar-refractivity contribution in [1.82, 2.24) is 0 Å². The molecule has 4 heteroatoms. The fourth-order valence-electron chi connectivity index (χ4n) is 3.40. The third kappa shape index (κ3) is 5.81. The van der Waals surface area contributed by atoms with E-state index in [0.29, 0.717) is 6.32 Å². The molecule has 0 amide bonds. The van der Waals surface area contributed by atoms with Crippen molar-refractivity contribution in [1.29, 1.82) is 0 Å². The number of unbranched alkanes of at least 4 members (excludes halogenated alkanes) is 1. The van der Waals surface area contributed by atoms with Crippen molar-refractivity contribution < 1.29 is 10.0 Å². The van der Waals surface area contributed by atoms with Crippen LogP contribution in [0.3, 0.4) is 0 Å². The zero-order valence-electron chi connectivity index (χ0n) is 12.9. The van der Waals surface area contributed by atoms with Gasteiger partial charge in [0.2, 0.25) is 0 Å². The largest absolute Gasteiger partial charge is 0.451 e. The van der Waals surface area contributed by atoms with Gasteiger partial charge < -0.3 is 15.8 Å². The first-order chi connectivity index (χ1) is 10.1. The van der Waals surface area contributed by atoms with Gasteiger partial charge in [0.15, 0.2) is 0 Å². The standard InChI is InChI=1S/C17H28BNO2/c19-17(9-3-4-11-18(20)21)10-5-6-14-12-15-7-1-2-8-16(15)13-14/h1-2,7-8,14,17,20-21H,3-6,9-13,19H2/t17-/m1/s1. The van der Waals surface area contributed by atoms with Crippen LogP contribution >= 0.6 is 0 Å². The average Bonchev–Trinajstić information content (AvgIpc) is 2.86. The molecule has 116 valence electrons. The number of nitrogens with two attached hydrogens (primary N) is 1. The minimum Gasteiger partial charge on any atom is -0.427 e. The van der Waals surface area contributed by atoms with Crippen molar-refractivity contribution in [3.8, 4) is 0 Å². The minimum atomic E-state index is -1.16. The number of benzene rings is 1. The Bertz CT molecular complexity index is 400. The zero-order valence-corrected chi connectivity index (χ0v) is 12.9. The Labute approximate surface area is 128 Å². The van der Waals surface area contributed by atoms with Crippen molar-refractivity contribution in [3.63, 3.8) is 0 Å². The SMILES string of the molecule is N[C@H](CCCCB(O)O)CCCC1Cc2ccccc2C1. The maximum Gasteiger partial charge on any atom is 0.451 e. The van der Waals surface area contributed by atoms with E-state index in [-0.39, 0.29) is 6.04 Å². The van der Waals surface area contributed by atoms with Gasteiger partial charge in [-0.1, -0.05) is 43.5 Å². The Hall–Kier alpha value is -0.835. The molecule has 1 atom stereocenters. The van der Waals surface area contributed by atoms with Crippen molar-refractivity contribution in [2.24, 2.45) is 11.7 Å². The van der Waals surface area contributed by atoms with Crippen LogP contribution in [0.1, 0.15) is 49.7 Å². The maximum absolute atomic E-state index is 8.78. The molecular weight excluding hydrogens is 261 g/mol. The summed E-state index contributed by atoms with van der Waals surface area (Å²) in [6.07, 6.45) is 9.36. The molecule has 0 saturated heterocycles. The predicted molar refractivity (Wildman–Crippen MR) is 88.0 cm³/mol. The van der Waals surface area contributed by atoms with Gasteiger partial charge in [0.25, 0.3) is 0 Å². The molecule has 0 fully saturated rings. The summed E-state index contributed by atoms with van der Waals surface area (Å²) in [5, 5.41) is 17.6. The topological polar surface area (TPSA) is 66.5 Å². The highest BCUT2D eigenvalue weighted by atomic mass is 16.4. The molecule has 0 radical (unpaired) electrons. The summed E-state index contributed by atoms with van der Waals surface area (Å²) in [5.41, 5.74) is 9.21. The fourth-order valence-corrected chi connectivity index (χ4v) is 3.40. The molecular formula is C17H28BNO2. The van der Waals surface area contributed by atoms with Gasteiger partial charge in [-0.05, 0) is 55.5 Å². The van der Waals surface area contributed by atoms with Gasteiger partial charge in [0, 0.05) is 6.04 Å². The van der Waals surface area contributed by atoms with Crippen molar-refractivity contribution in [2.75, 3.05) is 0 Å². The second-order valence-corrected chi connectivity index (χ2v) is 6.50. The van der Waals surface area contributed by atoms with Crippen molar-refractivity contribution in [3.05, 3.63) is 35.4 Å². The van der Waals surface area contributed by atoms with E-state index in [1.165, 1.54) is 36.8 Å². The van der Waals surface area contributed by atoms with Gasteiger partial charge in [0.1, 0.15) is 0 Å². The molecule has 0 saturated carbocycles. The molecule has 0 heterocycles. The summed E-state index contributed by atoms with van der Waals surface area (Å²) in [6.45, 7) is 0. The molecule has 1 aliphatic rings. The third-order valence-corrected chi connectivity index (χ3v) is 4.61. The summed E-state index contributed by atoms with van der Waals surface area (Å²) in [6, 6.07) is 9.07. The summed E-state index contributed by atoms with van der Waals surface area (Å²) in [7, 11) is -1.16. The number of hydrogen-bond donors (Lipinski definition) is 3. The molecule has 1 aromatic carbocycles. The minimum absolute atomic E-state index is 0.268. The second kappa shape index (κ2) is 8.57. The monoisotopic (exact) mass is 289 g/mol. The van der Waals surface area contributed by atoms with Crippen LogP contribution < -0.4 is 5.73 Å². The lowest BCUT2D eigenvalue weighted by Crippen LogP contribution is -2.20. The molecule has 0 aromatic heterocycles. The highest BCUT2D eigenvalue weighted by molar-refractivity contribution is 6.40. The van der Waals surface area contributed by atoms with E-state index in [2.05, 4.69) is 24.3 Å². The molecule has 1 aliphatic carbocycles. The van der Waals surface area contributed by atoms with E-state index < -0.39 is 7.12 Å². The van der Waals surface area contributed by atoms with E-state index in [9.17, 15) is 0 Å². The molecule has 21 heavy (non-hydrogen) atoms. The first kappa shape index (κ1) is 16.5.